The number of nitrogens with zero attached hydrogens (tertiary/aromatic N) is 1. The molecule has 2 aliphatic carbocycles. The fourth-order valence-electron chi connectivity index (χ4n) is 5.39. The molecule has 1 amide bonds. The quantitative estimate of drug-likeness (QED) is 0.554. The Hall–Kier alpha value is -1.11. The van der Waals surface area contributed by atoms with Crippen LogP contribution < -0.4 is 0 Å². The van der Waals surface area contributed by atoms with Gasteiger partial charge in [-0.1, -0.05) is 39.0 Å². The molecule has 1 atom stereocenters. The summed E-state index contributed by atoms with van der Waals surface area (Å²) >= 11 is 0. The first kappa shape index (κ1) is 22.6. The van der Waals surface area contributed by atoms with Crippen molar-refractivity contribution < 1.29 is 22.7 Å². The van der Waals surface area contributed by atoms with E-state index >= 15 is 0 Å². The fraction of sp³-hybridized carbons (Fsp3) is 0.909. The molecule has 7 heteroatoms. The minimum Gasteiger partial charge on any atom is -0.455 e. The summed E-state index contributed by atoms with van der Waals surface area (Å²) in [6, 6.07) is -0.170. The summed E-state index contributed by atoms with van der Waals surface area (Å²) in [5.74, 6) is 0.358. The second-order valence-corrected chi connectivity index (χ2v) is 11.5. The van der Waals surface area contributed by atoms with E-state index < -0.39 is 9.84 Å². The van der Waals surface area contributed by atoms with Gasteiger partial charge in [-0.25, -0.2) is 8.42 Å². The van der Waals surface area contributed by atoms with Gasteiger partial charge in [0.25, 0.3) is 5.91 Å². The van der Waals surface area contributed by atoms with Crippen molar-refractivity contribution in [1.82, 2.24) is 4.90 Å². The van der Waals surface area contributed by atoms with Crippen LogP contribution in [-0.4, -0.2) is 55.4 Å². The molecule has 0 aromatic carbocycles. The third kappa shape index (κ3) is 6.19. The predicted octanol–water partition coefficient (Wildman–Crippen LogP) is 3.48. The zero-order valence-corrected chi connectivity index (χ0v) is 18.6. The van der Waals surface area contributed by atoms with E-state index in [-0.39, 0.29) is 48.0 Å². The molecule has 3 fully saturated rings. The zero-order valence-electron chi connectivity index (χ0n) is 17.8. The lowest BCUT2D eigenvalue weighted by Gasteiger charge is -2.34. The van der Waals surface area contributed by atoms with Crippen LogP contribution in [0, 0.1) is 11.8 Å². The molecule has 6 nitrogen and oxygen atoms in total. The molecule has 0 aromatic rings. The van der Waals surface area contributed by atoms with Crippen LogP contribution in [-0.2, 0) is 24.2 Å². The lowest BCUT2D eigenvalue weighted by Crippen LogP contribution is -2.48. The number of sulfone groups is 1. The summed E-state index contributed by atoms with van der Waals surface area (Å²) in [5, 5.41) is 0. The first-order chi connectivity index (χ1) is 13.9. The second-order valence-electron chi connectivity index (χ2n) is 9.26. The Balaban J connectivity index is 1.50. The molecule has 3 rings (SSSR count). The molecule has 1 saturated heterocycles. The van der Waals surface area contributed by atoms with Gasteiger partial charge in [0.15, 0.2) is 16.4 Å². The van der Waals surface area contributed by atoms with Gasteiger partial charge in [-0.3, -0.25) is 9.59 Å². The van der Waals surface area contributed by atoms with Crippen molar-refractivity contribution in [3.05, 3.63) is 0 Å². The van der Waals surface area contributed by atoms with Crippen molar-refractivity contribution in [3.8, 4) is 0 Å². The highest BCUT2D eigenvalue weighted by Crippen LogP contribution is 2.33. The standard InChI is InChI=1S/C22H37NO5S/c1-2-3-6-17-9-11-18(12-10-17)22(25)28-15-21(24)23(19-7-4-5-8-19)20-13-14-29(26,27)16-20/h17-20H,2-16H2,1H3. The molecular formula is C22H37NO5S. The van der Waals surface area contributed by atoms with E-state index in [1.165, 1.54) is 19.3 Å². The van der Waals surface area contributed by atoms with Gasteiger partial charge in [0.2, 0.25) is 0 Å². The van der Waals surface area contributed by atoms with Crippen LogP contribution in [0.25, 0.3) is 0 Å². The van der Waals surface area contributed by atoms with Crippen molar-refractivity contribution in [3.63, 3.8) is 0 Å². The number of rotatable bonds is 8. The van der Waals surface area contributed by atoms with Gasteiger partial charge in [0.1, 0.15) is 0 Å². The van der Waals surface area contributed by atoms with Crippen LogP contribution >= 0.6 is 0 Å². The molecule has 0 bridgehead atoms. The fourth-order valence-corrected chi connectivity index (χ4v) is 7.10. The number of unbranched alkanes of at least 4 members (excludes halogenated alkanes) is 1. The summed E-state index contributed by atoms with van der Waals surface area (Å²) < 4.78 is 29.3. The summed E-state index contributed by atoms with van der Waals surface area (Å²) in [6.07, 6.45) is 12.0. The Morgan fingerprint density at radius 2 is 1.66 bits per heavy atom. The number of ether oxygens (including phenoxy) is 1. The third-order valence-corrected chi connectivity index (χ3v) is 8.84. The number of carbonyl (C=O) groups excluding carboxylic acids is 2. The first-order valence-electron chi connectivity index (χ1n) is 11.6. The van der Waals surface area contributed by atoms with Crippen LogP contribution in [0.4, 0.5) is 0 Å². The van der Waals surface area contributed by atoms with Crippen LogP contribution in [0.5, 0.6) is 0 Å². The normalized spacial score (nSPS) is 29.6. The highest BCUT2D eigenvalue weighted by Gasteiger charge is 2.39. The second kappa shape index (κ2) is 10.3. The lowest BCUT2D eigenvalue weighted by molar-refractivity contribution is -0.158. The summed E-state index contributed by atoms with van der Waals surface area (Å²) in [4.78, 5) is 27.2. The maximum atomic E-state index is 12.9. The smallest absolute Gasteiger partial charge is 0.309 e. The number of esters is 1. The molecular weight excluding hydrogens is 390 g/mol. The van der Waals surface area contributed by atoms with E-state index in [0.29, 0.717) is 6.42 Å². The highest BCUT2D eigenvalue weighted by molar-refractivity contribution is 7.91. The topological polar surface area (TPSA) is 80.8 Å². The van der Waals surface area contributed by atoms with E-state index in [1.807, 2.05) is 0 Å². The van der Waals surface area contributed by atoms with Crippen molar-refractivity contribution >= 4 is 21.7 Å². The molecule has 0 aromatic heterocycles. The van der Waals surface area contributed by atoms with Crippen molar-refractivity contribution in [2.75, 3.05) is 18.1 Å². The Kier molecular flexibility index (Phi) is 7.99. The molecule has 29 heavy (non-hydrogen) atoms. The molecule has 0 spiro atoms. The van der Waals surface area contributed by atoms with Gasteiger partial charge in [-0.05, 0) is 50.9 Å². The van der Waals surface area contributed by atoms with Crippen LogP contribution in [0.1, 0.15) is 84.0 Å². The van der Waals surface area contributed by atoms with Crippen LogP contribution in [0.15, 0.2) is 0 Å². The van der Waals surface area contributed by atoms with E-state index in [9.17, 15) is 18.0 Å². The lowest BCUT2D eigenvalue weighted by atomic mass is 9.80. The summed E-state index contributed by atoms with van der Waals surface area (Å²) in [5.41, 5.74) is 0. The minimum absolute atomic E-state index is 0.0466. The average Bonchev–Trinajstić information content (AvgIpc) is 3.35. The Morgan fingerprint density at radius 3 is 2.24 bits per heavy atom. The van der Waals surface area contributed by atoms with E-state index in [2.05, 4.69) is 6.92 Å². The zero-order chi connectivity index (χ0) is 20.9. The minimum atomic E-state index is -3.07. The average molecular weight is 428 g/mol. The maximum Gasteiger partial charge on any atom is 0.309 e. The molecule has 3 aliphatic rings. The molecule has 0 radical (unpaired) electrons. The number of amides is 1. The molecule has 1 aliphatic heterocycles. The molecule has 2 saturated carbocycles. The highest BCUT2D eigenvalue weighted by atomic mass is 32.2. The van der Waals surface area contributed by atoms with Gasteiger partial charge in [0, 0.05) is 12.1 Å². The van der Waals surface area contributed by atoms with Gasteiger partial charge in [0.05, 0.1) is 17.4 Å². The predicted molar refractivity (Wildman–Crippen MR) is 112 cm³/mol. The summed E-state index contributed by atoms with van der Waals surface area (Å²) in [7, 11) is -3.07. The first-order valence-corrected chi connectivity index (χ1v) is 13.4. The van der Waals surface area contributed by atoms with Gasteiger partial charge >= 0.3 is 5.97 Å². The van der Waals surface area contributed by atoms with Crippen LogP contribution in [0.2, 0.25) is 0 Å². The van der Waals surface area contributed by atoms with Crippen molar-refractivity contribution in [2.24, 2.45) is 11.8 Å². The number of carbonyl (C=O) groups is 2. The van der Waals surface area contributed by atoms with E-state index in [1.54, 1.807) is 4.90 Å². The third-order valence-electron chi connectivity index (χ3n) is 7.09. The van der Waals surface area contributed by atoms with Gasteiger partial charge in [-0.15, -0.1) is 0 Å². The molecule has 1 unspecified atom stereocenters. The molecule has 0 N–H and O–H groups in total. The molecule has 166 valence electrons. The Bertz CT molecular complexity index is 663. The van der Waals surface area contributed by atoms with E-state index in [4.69, 9.17) is 4.74 Å². The largest absolute Gasteiger partial charge is 0.455 e. The van der Waals surface area contributed by atoms with Crippen molar-refractivity contribution in [1.29, 1.82) is 0 Å². The monoisotopic (exact) mass is 427 g/mol. The Labute approximate surface area is 175 Å². The van der Waals surface area contributed by atoms with Gasteiger partial charge in [-0.2, -0.15) is 0 Å². The van der Waals surface area contributed by atoms with Gasteiger partial charge < -0.3 is 9.64 Å². The maximum absolute atomic E-state index is 12.9. The van der Waals surface area contributed by atoms with E-state index in [0.717, 1.165) is 57.3 Å². The SMILES string of the molecule is CCCCC1CCC(C(=O)OCC(=O)N(C2CCCC2)C2CCS(=O)(=O)C2)CC1. The van der Waals surface area contributed by atoms with Crippen LogP contribution in [0.3, 0.4) is 0 Å². The number of hydrogen-bond donors (Lipinski definition) is 0. The van der Waals surface area contributed by atoms with Crippen molar-refractivity contribution in [2.45, 2.75) is 96.1 Å². The molecule has 1 heterocycles. The number of hydrogen-bond acceptors (Lipinski definition) is 5. The summed E-state index contributed by atoms with van der Waals surface area (Å²) in [6.45, 7) is 1.96. The Morgan fingerprint density at radius 1 is 0.966 bits per heavy atom.